The number of hydrogen-bond acceptors (Lipinski definition) is 7. The Morgan fingerprint density at radius 2 is 1.73 bits per heavy atom. The molecule has 3 amide bonds. The molecule has 11 heteroatoms. The van der Waals surface area contributed by atoms with Gasteiger partial charge >= 0.3 is 5.97 Å². The second kappa shape index (κ2) is 16.8. The largest absolute Gasteiger partial charge is 0.455 e. The molecule has 55 heavy (non-hydrogen) atoms. The molecule has 9 atom stereocenters. The molecule has 3 saturated heterocycles. The van der Waals surface area contributed by atoms with Crippen molar-refractivity contribution in [2.24, 2.45) is 17.8 Å². The van der Waals surface area contributed by atoms with E-state index in [4.69, 9.17) is 9.47 Å². The Hall–Kier alpha value is -4.32. The van der Waals surface area contributed by atoms with Gasteiger partial charge in [-0.2, -0.15) is 0 Å². The van der Waals surface area contributed by atoms with Gasteiger partial charge < -0.3 is 29.3 Å². The van der Waals surface area contributed by atoms with E-state index < -0.39 is 59.6 Å². The van der Waals surface area contributed by atoms with Crippen LogP contribution >= 0.6 is 15.9 Å². The van der Waals surface area contributed by atoms with E-state index >= 15 is 9.59 Å². The molecule has 0 radical (unpaired) electrons. The lowest BCUT2D eigenvalue weighted by Gasteiger charge is -2.40. The first kappa shape index (κ1) is 40.3. The Kier molecular flexibility index (Phi) is 12.3. The minimum absolute atomic E-state index is 0.0876. The summed E-state index contributed by atoms with van der Waals surface area (Å²) in [7, 11) is 1.69. The number of esters is 1. The number of hydrogen-bond donors (Lipinski definition) is 1. The van der Waals surface area contributed by atoms with Crippen LogP contribution in [0.3, 0.4) is 0 Å². The maximum atomic E-state index is 15.3. The van der Waals surface area contributed by atoms with Gasteiger partial charge in [0.25, 0.3) is 5.91 Å². The molecule has 3 fully saturated rings. The highest BCUT2D eigenvalue weighted by Crippen LogP contribution is 2.61. The van der Waals surface area contributed by atoms with E-state index in [1.54, 1.807) is 29.0 Å². The summed E-state index contributed by atoms with van der Waals surface area (Å²) in [5.74, 6) is -3.57. The van der Waals surface area contributed by atoms with Crippen LogP contribution in [0.2, 0.25) is 0 Å². The maximum Gasteiger partial charge on any atom is 0.313 e. The first-order valence-electron chi connectivity index (χ1n) is 19.2. The van der Waals surface area contributed by atoms with E-state index in [1.807, 2.05) is 93.6 Å². The molecule has 0 aliphatic carbocycles. The van der Waals surface area contributed by atoms with Crippen molar-refractivity contribution in [2.45, 2.75) is 87.2 Å². The lowest BCUT2D eigenvalue weighted by atomic mass is 9.70. The molecular formula is C44H52BrN3O7. The van der Waals surface area contributed by atoms with Gasteiger partial charge in [-0.05, 0) is 60.6 Å². The lowest BCUT2D eigenvalue weighted by molar-refractivity contribution is -0.165. The normalized spacial score (nSPS) is 25.7. The van der Waals surface area contributed by atoms with Crippen LogP contribution in [0.5, 0.6) is 0 Å². The van der Waals surface area contributed by atoms with Gasteiger partial charge in [-0.25, -0.2) is 0 Å². The van der Waals surface area contributed by atoms with Crippen LogP contribution in [0.25, 0.3) is 10.8 Å². The number of carbonyl (C=O) groups is 4. The average molecular weight is 815 g/mol. The van der Waals surface area contributed by atoms with E-state index in [2.05, 4.69) is 29.1 Å². The number of halogens is 1. The summed E-state index contributed by atoms with van der Waals surface area (Å²) in [6, 6.07) is 20.5. The SMILES string of the molecule is C=CCCC(=O)N(C)[C@H](C)[C@H](OC(=O)[C@H]1[C@@H]2O[C@@]3(CC2Br)[C@@H]1C(=O)N([C@@H](CO)CC(C)C)[C@@H]3C(=O)N(CC=C)c1ccc2ccccc2c1)c1ccccc1. The van der Waals surface area contributed by atoms with Gasteiger partial charge in [0.15, 0.2) is 0 Å². The number of amides is 3. The minimum Gasteiger partial charge on any atom is -0.455 e. The fourth-order valence-electron chi connectivity index (χ4n) is 8.90. The lowest BCUT2D eigenvalue weighted by Crippen LogP contribution is -2.59. The molecule has 2 bridgehead atoms. The molecule has 3 aromatic rings. The second-order valence-electron chi connectivity index (χ2n) is 15.5. The van der Waals surface area contributed by atoms with Crippen molar-refractivity contribution < 1.29 is 33.8 Å². The van der Waals surface area contributed by atoms with E-state index in [9.17, 15) is 14.7 Å². The van der Waals surface area contributed by atoms with Gasteiger partial charge in [-0.1, -0.05) is 103 Å². The van der Waals surface area contributed by atoms with Gasteiger partial charge in [0.1, 0.15) is 17.7 Å². The third kappa shape index (κ3) is 7.50. The Bertz CT molecular complexity index is 1920. The number of rotatable bonds is 16. The smallest absolute Gasteiger partial charge is 0.313 e. The van der Waals surface area contributed by atoms with Crippen molar-refractivity contribution in [1.82, 2.24) is 9.80 Å². The molecule has 6 rings (SSSR count). The zero-order valence-electron chi connectivity index (χ0n) is 32.1. The van der Waals surface area contributed by atoms with Gasteiger partial charge in [0.05, 0.1) is 36.6 Å². The number of carbonyl (C=O) groups excluding carboxylic acids is 4. The number of likely N-dealkylation sites (tertiary alicyclic amines) is 1. The highest BCUT2D eigenvalue weighted by atomic mass is 79.9. The average Bonchev–Trinajstić information content (AvgIpc) is 3.79. The minimum atomic E-state index is -1.39. The van der Waals surface area contributed by atoms with Gasteiger partial charge in [-0.15, -0.1) is 13.2 Å². The number of likely N-dealkylation sites (N-methyl/N-ethyl adjacent to an activating group) is 1. The van der Waals surface area contributed by atoms with Gasteiger partial charge in [-0.3, -0.25) is 19.2 Å². The van der Waals surface area contributed by atoms with Crippen molar-refractivity contribution in [3.63, 3.8) is 0 Å². The zero-order valence-corrected chi connectivity index (χ0v) is 33.6. The predicted octanol–water partition coefficient (Wildman–Crippen LogP) is 6.61. The quantitative estimate of drug-likeness (QED) is 0.0984. The van der Waals surface area contributed by atoms with Crippen LogP contribution in [0.15, 0.2) is 98.1 Å². The van der Waals surface area contributed by atoms with Crippen LogP contribution in [-0.4, -0.2) is 93.5 Å². The van der Waals surface area contributed by atoms with Crippen LogP contribution < -0.4 is 4.90 Å². The number of aliphatic hydroxyl groups is 1. The Labute approximate surface area is 332 Å². The first-order valence-corrected chi connectivity index (χ1v) is 20.1. The number of nitrogens with zero attached hydrogens (tertiary/aromatic N) is 3. The van der Waals surface area contributed by atoms with E-state index in [0.717, 1.165) is 10.8 Å². The molecule has 1 N–H and O–H groups in total. The Morgan fingerprint density at radius 1 is 1.04 bits per heavy atom. The highest BCUT2D eigenvalue weighted by molar-refractivity contribution is 9.09. The molecule has 3 aliphatic heterocycles. The van der Waals surface area contributed by atoms with Gasteiger partial charge in [0.2, 0.25) is 11.8 Å². The fourth-order valence-corrected chi connectivity index (χ4v) is 9.84. The van der Waals surface area contributed by atoms with Crippen LogP contribution in [0.4, 0.5) is 5.69 Å². The summed E-state index contributed by atoms with van der Waals surface area (Å²) in [6.07, 6.45) is 3.22. The molecule has 3 aliphatic rings. The molecule has 10 nitrogen and oxygen atoms in total. The Balaban J connectivity index is 1.40. The first-order chi connectivity index (χ1) is 26.4. The molecule has 3 aromatic carbocycles. The van der Waals surface area contributed by atoms with E-state index in [0.29, 0.717) is 30.5 Å². The summed E-state index contributed by atoms with van der Waals surface area (Å²) in [5, 5.41) is 12.8. The van der Waals surface area contributed by atoms with Crippen molar-refractivity contribution in [3.05, 3.63) is 104 Å². The molecule has 3 heterocycles. The molecule has 1 spiro atoms. The fraction of sp³-hybridized carbons (Fsp3) is 0.455. The highest BCUT2D eigenvalue weighted by Gasteiger charge is 2.77. The number of benzene rings is 3. The summed E-state index contributed by atoms with van der Waals surface area (Å²) in [4.78, 5) is 62.5. The molecule has 1 unspecified atom stereocenters. The van der Waals surface area contributed by atoms with Gasteiger partial charge in [0, 0.05) is 30.5 Å². The standard InChI is InChI=1S/C44H52BrN3O7/c1-7-9-19-35(50)46(6)28(5)38(30-16-11-10-12-17-30)54-43(53)36-37-41(51)48(33(26-49)23-27(3)4)40(44(37)25-34(45)39(36)55-44)42(52)47(22-8-2)32-21-20-29-15-13-14-18-31(29)24-32/h7-8,10-18,20-21,24,27-28,33-34,36-40,49H,1-2,9,19,22-23,25-26H2,3-6H3/t28-,33-,34?,36-,37+,38+,39-,40-,44+/m1/s1. The van der Waals surface area contributed by atoms with Crippen LogP contribution in [-0.2, 0) is 28.7 Å². The number of ether oxygens (including phenoxy) is 2. The predicted molar refractivity (Wildman–Crippen MR) is 216 cm³/mol. The summed E-state index contributed by atoms with van der Waals surface area (Å²) >= 11 is 3.78. The summed E-state index contributed by atoms with van der Waals surface area (Å²) in [5.41, 5.74) is -0.0606. The summed E-state index contributed by atoms with van der Waals surface area (Å²) < 4.78 is 13.2. The third-order valence-electron chi connectivity index (χ3n) is 11.6. The third-order valence-corrected chi connectivity index (χ3v) is 12.4. The van der Waals surface area contributed by atoms with E-state index in [1.165, 1.54) is 4.90 Å². The van der Waals surface area contributed by atoms with Crippen molar-refractivity contribution in [1.29, 1.82) is 0 Å². The number of anilines is 1. The molecule has 292 valence electrons. The number of allylic oxidation sites excluding steroid dienone is 1. The van der Waals surface area contributed by atoms with Crippen molar-refractivity contribution >= 4 is 56.1 Å². The topological polar surface area (TPSA) is 117 Å². The molecule has 0 saturated carbocycles. The maximum absolute atomic E-state index is 15.3. The number of aliphatic hydroxyl groups excluding tert-OH is 1. The molecular weight excluding hydrogens is 762 g/mol. The van der Waals surface area contributed by atoms with Crippen molar-refractivity contribution in [3.8, 4) is 0 Å². The zero-order chi connectivity index (χ0) is 39.6. The molecule has 0 aromatic heterocycles. The Morgan fingerprint density at radius 3 is 2.38 bits per heavy atom. The monoisotopic (exact) mass is 813 g/mol. The van der Waals surface area contributed by atoms with Crippen LogP contribution in [0.1, 0.15) is 58.1 Å². The number of alkyl halides is 1. The van der Waals surface area contributed by atoms with Crippen LogP contribution in [0, 0.1) is 17.8 Å². The van der Waals surface area contributed by atoms with Crippen molar-refractivity contribution in [2.75, 3.05) is 25.1 Å². The number of fused-ring (bicyclic) bond motifs is 2. The summed E-state index contributed by atoms with van der Waals surface area (Å²) in [6.45, 7) is 13.3. The second-order valence-corrected chi connectivity index (χ2v) is 16.7. The van der Waals surface area contributed by atoms with E-state index in [-0.39, 0.29) is 42.1 Å².